The van der Waals surface area contributed by atoms with Crippen molar-refractivity contribution in [3.63, 3.8) is 0 Å². The molecule has 2 aliphatic rings. The van der Waals surface area contributed by atoms with Crippen molar-refractivity contribution in [2.75, 3.05) is 5.32 Å². The summed E-state index contributed by atoms with van der Waals surface area (Å²) in [6.45, 7) is 0. The van der Waals surface area contributed by atoms with Crippen LogP contribution >= 0.6 is 0 Å². The van der Waals surface area contributed by atoms with Gasteiger partial charge < -0.3 is 16.4 Å². The number of benzene rings is 3. The Morgan fingerprint density at radius 1 is 0.850 bits per heavy atom. The van der Waals surface area contributed by atoms with E-state index < -0.39 is 11.4 Å². The maximum Gasteiger partial charge on any atom is 0.252 e. The molecule has 0 radical (unpaired) electrons. The fourth-order valence-corrected chi connectivity index (χ4v) is 5.98. The van der Waals surface area contributed by atoms with Crippen LogP contribution < -0.4 is 16.4 Å². The van der Waals surface area contributed by atoms with Crippen LogP contribution in [-0.4, -0.2) is 33.0 Å². The summed E-state index contributed by atoms with van der Waals surface area (Å²) >= 11 is 0. The fourth-order valence-electron chi connectivity index (χ4n) is 5.98. The first-order valence-electron chi connectivity index (χ1n) is 14.1. The van der Waals surface area contributed by atoms with Crippen molar-refractivity contribution in [2.45, 2.75) is 62.8 Å². The van der Waals surface area contributed by atoms with Gasteiger partial charge in [-0.2, -0.15) is 5.10 Å². The van der Waals surface area contributed by atoms with Crippen molar-refractivity contribution in [3.05, 3.63) is 89.6 Å². The second-order valence-corrected chi connectivity index (χ2v) is 11.0. The number of carbonyl (C=O) groups is 3. The third-order valence-electron chi connectivity index (χ3n) is 8.39. The maximum absolute atomic E-state index is 13.5. The van der Waals surface area contributed by atoms with Gasteiger partial charge in [0.2, 0.25) is 11.8 Å². The molecule has 6 rings (SSSR count). The van der Waals surface area contributed by atoms with Crippen LogP contribution in [0.2, 0.25) is 0 Å². The summed E-state index contributed by atoms with van der Waals surface area (Å²) in [7, 11) is 0. The highest BCUT2D eigenvalue weighted by Crippen LogP contribution is 2.38. The Morgan fingerprint density at radius 3 is 2.20 bits per heavy atom. The molecule has 3 aromatic carbocycles. The van der Waals surface area contributed by atoms with E-state index in [1.807, 2.05) is 41.1 Å². The summed E-state index contributed by atoms with van der Waals surface area (Å²) in [6, 6.07) is 22.2. The van der Waals surface area contributed by atoms with Gasteiger partial charge in [0.05, 0.1) is 16.9 Å². The highest BCUT2D eigenvalue weighted by molar-refractivity contribution is 6.05. The molecule has 8 nitrogen and oxygen atoms in total. The van der Waals surface area contributed by atoms with E-state index in [-0.39, 0.29) is 11.8 Å². The van der Waals surface area contributed by atoms with Crippen LogP contribution in [0.5, 0.6) is 0 Å². The summed E-state index contributed by atoms with van der Waals surface area (Å²) in [5.41, 5.74) is 8.71. The van der Waals surface area contributed by atoms with Crippen LogP contribution in [0.3, 0.4) is 0 Å². The minimum absolute atomic E-state index is 0.270. The molecule has 204 valence electrons. The Labute approximate surface area is 232 Å². The lowest BCUT2D eigenvalue weighted by molar-refractivity contribution is -0.125. The number of para-hydroxylation sites is 1. The van der Waals surface area contributed by atoms with Gasteiger partial charge in [-0.1, -0.05) is 43.5 Å². The Balaban J connectivity index is 1.26. The van der Waals surface area contributed by atoms with E-state index in [0.29, 0.717) is 35.6 Å². The number of hydrogen-bond acceptors (Lipinski definition) is 4. The average Bonchev–Trinajstić information content (AvgIpc) is 3.35. The maximum atomic E-state index is 13.5. The summed E-state index contributed by atoms with van der Waals surface area (Å²) in [6.07, 6.45) is 7.93. The Hall–Kier alpha value is -4.46. The fraction of sp³-hybridized carbons (Fsp3) is 0.312. The third kappa shape index (κ3) is 4.85. The normalized spacial score (nSPS) is 16.7. The Kier molecular flexibility index (Phi) is 6.84. The number of fused-ring (bicyclic) bond motifs is 1. The number of primary amides is 1. The lowest BCUT2D eigenvalue weighted by atomic mass is 9.75. The van der Waals surface area contributed by atoms with E-state index in [2.05, 4.69) is 22.8 Å². The summed E-state index contributed by atoms with van der Waals surface area (Å²) < 4.78 is 2.05. The summed E-state index contributed by atoms with van der Waals surface area (Å²) in [4.78, 5) is 38.1. The predicted molar refractivity (Wildman–Crippen MR) is 155 cm³/mol. The zero-order chi connectivity index (χ0) is 27.7. The molecule has 2 fully saturated rings. The minimum Gasteiger partial charge on any atom is -0.366 e. The lowest BCUT2D eigenvalue weighted by Crippen LogP contribution is -2.61. The largest absolute Gasteiger partial charge is 0.366 e. The second kappa shape index (κ2) is 10.6. The molecule has 2 aliphatic carbocycles. The monoisotopic (exact) mass is 535 g/mol. The van der Waals surface area contributed by atoms with Gasteiger partial charge in [0, 0.05) is 28.1 Å². The van der Waals surface area contributed by atoms with E-state index in [1.165, 1.54) is 25.0 Å². The summed E-state index contributed by atoms with van der Waals surface area (Å²) in [5.74, 6) is -0.670. The van der Waals surface area contributed by atoms with Crippen LogP contribution in [0.25, 0.3) is 16.6 Å². The number of rotatable bonds is 7. The van der Waals surface area contributed by atoms with Crippen molar-refractivity contribution >= 4 is 34.3 Å². The number of nitrogens with one attached hydrogen (secondary N) is 2. The molecule has 1 heterocycles. The van der Waals surface area contributed by atoms with Crippen LogP contribution in [-0.2, 0) is 4.79 Å². The second-order valence-electron chi connectivity index (χ2n) is 11.0. The van der Waals surface area contributed by atoms with Gasteiger partial charge in [0.25, 0.3) is 5.91 Å². The van der Waals surface area contributed by atoms with Gasteiger partial charge in [-0.25, -0.2) is 4.68 Å². The number of aromatic nitrogens is 2. The molecule has 0 spiro atoms. The van der Waals surface area contributed by atoms with Crippen LogP contribution in [0, 0.1) is 0 Å². The van der Waals surface area contributed by atoms with Crippen molar-refractivity contribution in [1.29, 1.82) is 0 Å². The van der Waals surface area contributed by atoms with E-state index >= 15 is 0 Å². The first-order chi connectivity index (χ1) is 19.4. The zero-order valence-electron chi connectivity index (χ0n) is 22.4. The molecule has 8 heteroatoms. The van der Waals surface area contributed by atoms with Crippen molar-refractivity contribution < 1.29 is 14.4 Å². The smallest absolute Gasteiger partial charge is 0.252 e. The lowest BCUT2D eigenvalue weighted by Gasteiger charge is -2.40. The number of carbonyl (C=O) groups excluding carboxylic acids is 3. The van der Waals surface area contributed by atoms with Gasteiger partial charge in [0.1, 0.15) is 5.54 Å². The predicted octanol–water partition coefficient (Wildman–Crippen LogP) is 5.46. The average molecular weight is 536 g/mol. The molecule has 40 heavy (non-hydrogen) atoms. The van der Waals surface area contributed by atoms with Gasteiger partial charge in [-0.05, 0) is 80.6 Å². The number of hydrogen-bond donors (Lipinski definition) is 3. The quantitative estimate of drug-likeness (QED) is 0.291. The Bertz CT molecular complexity index is 1570. The standard InChI is InChI=1S/C32H33N5O3/c33-29(38)22-12-15-24(16-13-22)34-31(40)32(18-7-19-32)35-30(39)23-14-17-26-27(20-23)36-37(25-10-5-2-6-11-25)28(26)21-8-3-1-4-9-21/h2,5-6,10-17,20-21H,1,3-4,7-9,18-19H2,(H2,33,38)(H,34,40)(H,35,39). The van der Waals surface area contributed by atoms with E-state index in [0.717, 1.165) is 35.9 Å². The SMILES string of the molecule is NC(=O)c1ccc(NC(=O)C2(NC(=O)c3ccc4c(C5CCCCC5)n(-c5ccccc5)nc4c3)CCC2)cc1. The first-order valence-corrected chi connectivity index (χ1v) is 14.1. The Morgan fingerprint density at radius 2 is 1.55 bits per heavy atom. The molecule has 1 aromatic heterocycles. The molecule has 0 atom stereocenters. The van der Waals surface area contributed by atoms with Crippen LogP contribution in [0.4, 0.5) is 5.69 Å². The van der Waals surface area contributed by atoms with Gasteiger partial charge in [-0.3, -0.25) is 14.4 Å². The van der Waals surface area contributed by atoms with E-state index in [1.54, 1.807) is 24.3 Å². The van der Waals surface area contributed by atoms with Gasteiger partial charge in [-0.15, -0.1) is 0 Å². The van der Waals surface area contributed by atoms with Crippen molar-refractivity contribution in [2.24, 2.45) is 5.73 Å². The molecule has 2 saturated carbocycles. The number of amides is 3. The van der Waals surface area contributed by atoms with Gasteiger partial charge >= 0.3 is 0 Å². The number of anilines is 1. The van der Waals surface area contributed by atoms with Crippen molar-refractivity contribution in [1.82, 2.24) is 15.1 Å². The number of nitrogens with two attached hydrogens (primary N) is 1. The van der Waals surface area contributed by atoms with E-state index in [4.69, 9.17) is 10.8 Å². The van der Waals surface area contributed by atoms with Crippen molar-refractivity contribution in [3.8, 4) is 5.69 Å². The van der Waals surface area contributed by atoms with E-state index in [9.17, 15) is 14.4 Å². The molecule has 4 aromatic rings. The molecule has 4 N–H and O–H groups in total. The molecule has 0 aliphatic heterocycles. The molecule has 0 bridgehead atoms. The molecular weight excluding hydrogens is 502 g/mol. The highest BCUT2D eigenvalue weighted by Gasteiger charge is 2.45. The van der Waals surface area contributed by atoms with Gasteiger partial charge in [0.15, 0.2) is 0 Å². The van der Waals surface area contributed by atoms with Crippen LogP contribution in [0.15, 0.2) is 72.8 Å². The first kappa shape index (κ1) is 25.8. The highest BCUT2D eigenvalue weighted by atomic mass is 16.2. The zero-order valence-corrected chi connectivity index (χ0v) is 22.4. The topological polar surface area (TPSA) is 119 Å². The number of nitrogens with zero attached hydrogens (tertiary/aromatic N) is 2. The molecule has 0 saturated heterocycles. The van der Waals surface area contributed by atoms with Crippen LogP contribution in [0.1, 0.15) is 83.7 Å². The molecular formula is C32H33N5O3. The molecule has 0 unspecified atom stereocenters. The summed E-state index contributed by atoms with van der Waals surface area (Å²) in [5, 5.41) is 11.9. The third-order valence-corrected chi connectivity index (χ3v) is 8.39. The molecule has 3 amide bonds. The minimum atomic E-state index is -0.981.